The van der Waals surface area contributed by atoms with E-state index < -0.39 is 7.26 Å². The minimum Gasteiger partial charge on any atom is -0.0620 e. The Labute approximate surface area is 130 Å². The molecule has 0 saturated heterocycles. The van der Waals surface area contributed by atoms with Gasteiger partial charge < -0.3 is 0 Å². The topological polar surface area (TPSA) is 0 Å². The Hall–Kier alpha value is -1.13. The molecule has 0 aliphatic carbocycles. The fraction of sp³-hybridized carbons (Fsp3) is 0.400. The monoisotopic (exact) mass is 299 g/mol. The minimum atomic E-state index is -1.13. The summed E-state index contributed by atoms with van der Waals surface area (Å²) >= 11 is 0. The number of rotatable bonds is 3. The summed E-state index contributed by atoms with van der Waals surface area (Å²) in [6, 6.07) is 11.0. The first-order valence-electron chi connectivity index (χ1n) is 7.70. The third kappa shape index (κ3) is 3.06. The third-order valence-corrected chi connectivity index (χ3v) is 7.97. The van der Waals surface area contributed by atoms with Crippen LogP contribution >= 0.6 is 7.26 Å². The zero-order valence-corrected chi connectivity index (χ0v) is 15.4. The second-order valence-corrected chi connectivity index (χ2v) is 11.0. The van der Waals surface area contributed by atoms with Crippen LogP contribution in [0.1, 0.15) is 33.4 Å². The van der Waals surface area contributed by atoms with Gasteiger partial charge in [-0.2, -0.15) is 0 Å². The highest BCUT2D eigenvalue weighted by Gasteiger charge is 2.30. The van der Waals surface area contributed by atoms with Crippen LogP contribution in [0.15, 0.2) is 30.3 Å². The Balaban J connectivity index is 2.50. The predicted octanol–water partition coefficient (Wildman–Crippen LogP) is 5.33. The van der Waals surface area contributed by atoms with Crippen LogP contribution < -0.4 is 5.30 Å². The van der Waals surface area contributed by atoms with Gasteiger partial charge in [0.25, 0.3) is 0 Å². The SMILES string of the molecule is Cc1c(C)c(C)c(C[P+](C)(C)c2ccccc2)c(C)c1C. The lowest BCUT2D eigenvalue weighted by molar-refractivity contribution is 1.11. The Morgan fingerprint density at radius 1 is 0.667 bits per heavy atom. The van der Waals surface area contributed by atoms with E-state index in [2.05, 4.69) is 78.3 Å². The predicted molar refractivity (Wildman–Crippen MR) is 98.7 cm³/mol. The van der Waals surface area contributed by atoms with Crippen molar-refractivity contribution in [2.24, 2.45) is 0 Å². The van der Waals surface area contributed by atoms with Crippen molar-refractivity contribution in [3.05, 3.63) is 63.7 Å². The van der Waals surface area contributed by atoms with Crippen molar-refractivity contribution < 1.29 is 0 Å². The maximum absolute atomic E-state index is 2.46. The van der Waals surface area contributed by atoms with Gasteiger partial charge in [-0.25, -0.2) is 0 Å². The van der Waals surface area contributed by atoms with Crippen LogP contribution in [0, 0.1) is 34.6 Å². The smallest absolute Gasteiger partial charge is 0.0620 e. The first-order chi connectivity index (χ1) is 9.75. The first kappa shape index (κ1) is 16.2. The highest BCUT2D eigenvalue weighted by molar-refractivity contribution is 7.80. The first-order valence-corrected chi connectivity index (χ1v) is 10.6. The molecule has 0 spiro atoms. The molecule has 0 amide bonds. The highest BCUT2D eigenvalue weighted by atomic mass is 31.2. The van der Waals surface area contributed by atoms with Crippen molar-refractivity contribution in [1.29, 1.82) is 0 Å². The average Bonchev–Trinajstić information content (AvgIpc) is 2.48. The van der Waals surface area contributed by atoms with Crippen LogP contribution in [0.2, 0.25) is 0 Å². The molecule has 2 aromatic rings. The third-order valence-electron chi connectivity index (χ3n) is 5.16. The van der Waals surface area contributed by atoms with Gasteiger partial charge in [0.15, 0.2) is 0 Å². The molecule has 0 radical (unpaired) electrons. The zero-order valence-electron chi connectivity index (χ0n) is 14.5. The molecule has 0 nitrogen and oxygen atoms in total. The molecule has 1 heteroatoms. The van der Waals surface area contributed by atoms with E-state index >= 15 is 0 Å². The van der Waals surface area contributed by atoms with Crippen LogP contribution in [0.4, 0.5) is 0 Å². The summed E-state index contributed by atoms with van der Waals surface area (Å²) in [5, 5.41) is 1.53. The molecular weight excluding hydrogens is 271 g/mol. The van der Waals surface area contributed by atoms with E-state index in [0.29, 0.717) is 0 Å². The summed E-state index contributed by atoms with van der Waals surface area (Å²) in [6.07, 6.45) is 1.20. The highest BCUT2D eigenvalue weighted by Crippen LogP contribution is 2.54. The van der Waals surface area contributed by atoms with E-state index in [9.17, 15) is 0 Å². The molecular formula is C20H28P+. The maximum Gasteiger partial charge on any atom is 0.0937 e. The van der Waals surface area contributed by atoms with E-state index in [1.807, 2.05) is 0 Å². The molecule has 112 valence electrons. The van der Waals surface area contributed by atoms with Crippen molar-refractivity contribution in [2.45, 2.75) is 40.8 Å². The standard InChI is InChI=1S/C20H28P/c1-14-15(2)17(4)20(18(5)16(14)3)13-21(6,7)19-11-9-8-10-12-19/h8-12H,13H2,1-7H3/q+1. The van der Waals surface area contributed by atoms with Gasteiger partial charge in [-0.05, 0) is 80.1 Å². The van der Waals surface area contributed by atoms with Gasteiger partial charge in [-0.3, -0.25) is 0 Å². The van der Waals surface area contributed by atoms with Gasteiger partial charge in [0.2, 0.25) is 0 Å². The van der Waals surface area contributed by atoms with E-state index in [-0.39, 0.29) is 0 Å². The van der Waals surface area contributed by atoms with Gasteiger partial charge in [0.05, 0.1) is 24.8 Å². The van der Waals surface area contributed by atoms with Crippen LogP contribution in [0.3, 0.4) is 0 Å². The van der Waals surface area contributed by atoms with Gasteiger partial charge >= 0.3 is 0 Å². The normalized spacial score (nSPS) is 11.8. The molecule has 0 aliphatic rings. The van der Waals surface area contributed by atoms with Crippen molar-refractivity contribution in [2.75, 3.05) is 13.3 Å². The number of hydrogen-bond acceptors (Lipinski definition) is 0. The fourth-order valence-corrected chi connectivity index (χ4v) is 5.56. The van der Waals surface area contributed by atoms with E-state index in [0.717, 1.165) is 0 Å². The summed E-state index contributed by atoms with van der Waals surface area (Å²) in [5.74, 6) is 0. The second kappa shape index (κ2) is 5.93. The minimum absolute atomic E-state index is 1.13. The van der Waals surface area contributed by atoms with E-state index in [1.165, 1.54) is 39.3 Å². The lowest BCUT2D eigenvalue weighted by Crippen LogP contribution is -2.13. The van der Waals surface area contributed by atoms with E-state index in [1.54, 1.807) is 5.56 Å². The van der Waals surface area contributed by atoms with Crippen molar-refractivity contribution >= 4 is 12.6 Å². The van der Waals surface area contributed by atoms with Gasteiger partial charge in [-0.15, -0.1) is 0 Å². The Morgan fingerprint density at radius 3 is 1.57 bits per heavy atom. The van der Waals surface area contributed by atoms with Crippen LogP contribution in [-0.2, 0) is 6.16 Å². The van der Waals surface area contributed by atoms with Crippen LogP contribution in [0.5, 0.6) is 0 Å². The van der Waals surface area contributed by atoms with Crippen molar-refractivity contribution in [3.8, 4) is 0 Å². The van der Waals surface area contributed by atoms with Gasteiger partial charge in [0, 0.05) is 7.26 Å². The summed E-state index contributed by atoms with van der Waals surface area (Å²) in [4.78, 5) is 0. The summed E-state index contributed by atoms with van der Waals surface area (Å²) in [7, 11) is -1.13. The zero-order chi connectivity index (χ0) is 15.8. The van der Waals surface area contributed by atoms with Crippen molar-refractivity contribution in [3.63, 3.8) is 0 Å². The lowest BCUT2D eigenvalue weighted by atomic mass is 9.90. The molecule has 0 fully saturated rings. The van der Waals surface area contributed by atoms with Crippen molar-refractivity contribution in [1.82, 2.24) is 0 Å². The largest absolute Gasteiger partial charge is 0.0937 e. The quantitative estimate of drug-likeness (QED) is 0.672. The molecule has 0 atom stereocenters. The summed E-state index contributed by atoms with van der Waals surface area (Å²) in [6.45, 7) is 16.3. The average molecular weight is 299 g/mol. The second-order valence-electron chi connectivity index (χ2n) is 6.78. The Morgan fingerprint density at radius 2 is 1.10 bits per heavy atom. The summed E-state index contributed by atoms with van der Waals surface area (Å²) < 4.78 is 0. The molecule has 0 saturated carbocycles. The Bertz CT molecular complexity index is 622. The number of hydrogen-bond donors (Lipinski definition) is 0. The van der Waals surface area contributed by atoms with Gasteiger partial charge in [0.1, 0.15) is 0 Å². The fourth-order valence-electron chi connectivity index (χ4n) is 3.13. The molecule has 2 rings (SSSR count). The molecule has 0 bridgehead atoms. The Kier molecular flexibility index (Phi) is 4.59. The molecule has 2 aromatic carbocycles. The molecule has 0 N–H and O–H groups in total. The van der Waals surface area contributed by atoms with Crippen LogP contribution in [-0.4, -0.2) is 13.3 Å². The molecule has 21 heavy (non-hydrogen) atoms. The summed E-state index contributed by atoms with van der Waals surface area (Å²) in [5.41, 5.74) is 8.99. The van der Waals surface area contributed by atoms with E-state index in [4.69, 9.17) is 0 Å². The van der Waals surface area contributed by atoms with Crippen LogP contribution in [0.25, 0.3) is 0 Å². The lowest BCUT2D eigenvalue weighted by Gasteiger charge is -2.23. The van der Waals surface area contributed by atoms with Gasteiger partial charge in [-0.1, -0.05) is 18.2 Å². The molecule has 0 aromatic heterocycles. The molecule has 0 unspecified atom stereocenters. The number of benzene rings is 2. The molecule has 0 aliphatic heterocycles. The maximum atomic E-state index is 2.46. The molecule has 0 heterocycles.